The van der Waals surface area contributed by atoms with Crippen molar-refractivity contribution in [2.24, 2.45) is 0 Å². The molecule has 1 fully saturated rings. The van der Waals surface area contributed by atoms with Gasteiger partial charge in [-0.1, -0.05) is 13.3 Å². The number of ether oxygens (including phenoxy) is 1. The lowest BCUT2D eigenvalue weighted by molar-refractivity contribution is -0.121. The molecule has 1 atom stereocenters. The van der Waals surface area contributed by atoms with Gasteiger partial charge in [-0.3, -0.25) is 9.59 Å². The fourth-order valence-electron chi connectivity index (χ4n) is 2.25. The largest absolute Gasteiger partial charge is 0.497 e. The molecule has 1 N–H and O–H groups in total. The molecule has 0 unspecified atom stereocenters. The van der Waals surface area contributed by atoms with E-state index in [-0.39, 0.29) is 18.2 Å². The molecule has 0 aliphatic carbocycles. The Morgan fingerprint density at radius 1 is 1.30 bits per heavy atom. The van der Waals surface area contributed by atoms with Gasteiger partial charge in [0.05, 0.1) is 25.3 Å². The smallest absolute Gasteiger partial charge is 0.251 e. The van der Waals surface area contributed by atoms with Gasteiger partial charge >= 0.3 is 0 Å². The van der Waals surface area contributed by atoms with Gasteiger partial charge in [-0.25, -0.2) is 4.90 Å². The molecule has 0 aromatic heterocycles. The van der Waals surface area contributed by atoms with Crippen molar-refractivity contribution in [1.82, 2.24) is 5.32 Å². The number of anilines is 1. The van der Waals surface area contributed by atoms with Gasteiger partial charge < -0.3 is 10.1 Å². The zero-order chi connectivity index (χ0) is 14.5. The van der Waals surface area contributed by atoms with Gasteiger partial charge in [-0.05, 0) is 37.2 Å². The number of hydrogen-bond acceptors (Lipinski definition) is 4. The van der Waals surface area contributed by atoms with Crippen molar-refractivity contribution in [2.75, 3.05) is 18.6 Å². The summed E-state index contributed by atoms with van der Waals surface area (Å²) in [6.45, 7) is 2.85. The minimum absolute atomic E-state index is 0.158. The van der Waals surface area contributed by atoms with Crippen LogP contribution in [0.25, 0.3) is 0 Å². The maximum Gasteiger partial charge on any atom is 0.251 e. The van der Waals surface area contributed by atoms with Crippen LogP contribution in [-0.4, -0.2) is 31.5 Å². The maximum absolute atomic E-state index is 12.3. The molecule has 1 saturated heterocycles. The molecule has 20 heavy (non-hydrogen) atoms. The molecule has 0 radical (unpaired) electrons. The number of imide groups is 1. The maximum atomic E-state index is 12.3. The van der Waals surface area contributed by atoms with E-state index in [9.17, 15) is 9.59 Å². The fraction of sp³-hybridized carbons (Fsp3) is 0.467. The lowest BCUT2D eigenvalue weighted by Gasteiger charge is -2.15. The first-order valence-electron chi connectivity index (χ1n) is 6.91. The molecule has 108 valence electrons. The SMILES string of the molecule is CCCCN[C@@H]1CC(=O)N(c2ccc(OC)cc2)C1=O. The number of carbonyl (C=O) groups is 2. The van der Waals surface area contributed by atoms with E-state index in [0.29, 0.717) is 11.4 Å². The van der Waals surface area contributed by atoms with E-state index >= 15 is 0 Å². The summed E-state index contributed by atoms with van der Waals surface area (Å²) in [6, 6.07) is 6.55. The Bertz CT molecular complexity index is 484. The third kappa shape index (κ3) is 2.99. The second-order valence-corrected chi connectivity index (χ2v) is 4.83. The van der Waals surface area contributed by atoms with E-state index in [1.807, 2.05) is 0 Å². The van der Waals surface area contributed by atoms with Gasteiger partial charge in [-0.15, -0.1) is 0 Å². The van der Waals surface area contributed by atoms with Crippen LogP contribution in [0.3, 0.4) is 0 Å². The summed E-state index contributed by atoms with van der Waals surface area (Å²) in [7, 11) is 1.58. The molecule has 2 rings (SSSR count). The first kappa shape index (κ1) is 14.5. The number of nitrogens with one attached hydrogen (secondary N) is 1. The van der Waals surface area contributed by atoms with Crippen LogP contribution in [0.4, 0.5) is 5.69 Å². The molecule has 0 bridgehead atoms. The summed E-state index contributed by atoms with van der Waals surface area (Å²) >= 11 is 0. The number of benzene rings is 1. The molecule has 2 amide bonds. The Labute approximate surface area is 118 Å². The van der Waals surface area contributed by atoms with Gasteiger partial charge in [0.25, 0.3) is 5.91 Å². The van der Waals surface area contributed by atoms with Crippen molar-refractivity contribution in [3.05, 3.63) is 24.3 Å². The number of hydrogen-bond donors (Lipinski definition) is 1. The van der Waals surface area contributed by atoms with E-state index in [1.54, 1.807) is 31.4 Å². The molecule has 1 aliphatic rings. The Morgan fingerprint density at radius 2 is 2.00 bits per heavy atom. The highest BCUT2D eigenvalue weighted by Gasteiger charge is 2.38. The van der Waals surface area contributed by atoms with Crippen molar-refractivity contribution >= 4 is 17.5 Å². The number of carbonyl (C=O) groups excluding carboxylic acids is 2. The average Bonchev–Trinajstić information content (AvgIpc) is 2.74. The summed E-state index contributed by atoms with van der Waals surface area (Å²) in [5.74, 6) is 0.371. The number of nitrogens with zero attached hydrogens (tertiary/aromatic N) is 1. The molecular weight excluding hydrogens is 256 g/mol. The zero-order valence-corrected chi connectivity index (χ0v) is 11.9. The second-order valence-electron chi connectivity index (χ2n) is 4.83. The van der Waals surface area contributed by atoms with Crippen LogP contribution in [0.15, 0.2) is 24.3 Å². The average molecular weight is 276 g/mol. The monoisotopic (exact) mass is 276 g/mol. The molecule has 1 aliphatic heterocycles. The normalized spacial score (nSPS) is 18.7. The van der Waals surface area contributed by atoms with E-state index in [2.05, 4.69) is 12.2 Å². The molecule has 0 saturated carbocycles. The second kappa shape index (κ2) is 6.52. The van der Waals surface area contributed by atoms with Crippen LogP contribution >= 0.6 is 0 Å². The number of unbranched alkanes of at least 4 members (excludes halogenated alkanes) is 1. The summed E-state index contributed by atoms with van der Waals surface area (Å²) in [5.41, 5.74) is 0.598. The van der Waals surface area contributed by atoms with Crippen molar-refractivity contribution in [1.29, 1.82) is 0 Å². The van der Waals surface area contributed by atoms with Crippen molar-refractivity contribution < 1.29 is 14.3 Å². The lowest BCUT2D eigenvalue weighted by atomic mass is 10.2. The highest BCUT2D eigenvalue weighted by molar-refractivity contribution is 6.22. The topological polar surface area (TPSA) is 58.6 Å². The molecule has 0 spiro atoms. The zero-order valence-electron chi connectivity index (χ0n) is 11.9. The minimum atomic E-state index is -0.392. The predicted molar refractivity (Wildman–Crippen MR) is 76.8 cm³/mol. The standard InChI is InChI=1S/C15H20N2O3/c1-3-4-9-16-13-10-14(18)17(15(13)19)11-5-7-12(20-2)8-6-11/h5-8,13,16H,3-4,9-10H2,1-2H3/t13-/m1/s1. The van der Waals surface area contributed by atoms with Crippen LogP contribution in [0.2, 0.25) is 0 Å². The van der Waals surface area contributed by atoms with E-state index in [0.717, 1.165) is 19.4 Å². The number of methoxy groups -OCH3 is 1. The summed E-state index contributed by atoms with van der Waals surface area (Å²) in [5, 5.41) is 3.15. The molecule has 1 aromatic rings. The highest BCUT2D eigenvalue weighted by Crippen LogP contribution is 2.25. The highest BCUT2D eigenvalue weighted by atomic mass is 16.5. The quantitative estimate of drug-likeness (QED) is 0.635. The summed E-state index contributed by atoms with van der Waals surface area (Å²) < 4.78 is 5.07. The van der Waals surface area contributed by atoms with Gasteiger partial charge in [0.2, 0.25) is 5.91 Å². The minimum Gasteiger partial charge on any atom is -0.497 e. The molecule has 5 nitrogen and oxygen atoms in total. The lowest BCUT2D eigenvalue weighted by Crippen LogP contribution is -2.39. The van der Waals surface area contributed by atoms with E-state index in [1.165, 1.54) is 4.90 Å². The Morgan fingerprint density at radius 3 is 2.60 bits per heavy atom. The van der Waals surface area contributed by atoms with E-state index in [4.69, 9.17) is 4.74 Å². The first-order valence-corrected chi connectivity index (χ1v) is 6.91. The van der Waals surface area contributed by atoms with Crippen LogP contribution in [-0.2, 0) is 9.59 Å². The summed E-state index contributed by atoms with van der Waals surface area (Å²) in [6.07, 6.45) is 2.29. The van der Waals surface area contributed by atoms with Gasteiger partial charge in [0, 0.05) is 0 Å². The van der Waals surface area contributed by atoms with Crippen LogP contribution in [0, 0.1) is 0 Å². The third-order valence-electron chi connectivity index (χ3n) is 3.40. The summed E-state index contributed by atoms with van der Waals surface area (Å²) in [4.78, 5) is 25.5. The van der Waals surface area contributed by atoms with Crippen molar-refractivity contribution in [2.45, 2.75) is 32.2 Å². The molecule has 1 heterocycles. The third-order valence-corrected chi connectivity index (χ3v) is 3.40. The Hall–Kier alpha value is -1.88. The predicted octanol–water partition coefficient (Wildman–Crippen LogP) is 1.72. The van der Waals surface area contributed by atoms with Crippen LogP contribution < -0.4 is 15.0 Å². The Kier molecular flexibility index (Phi) is 4.74. The van der Waals surface area contributed by atoms with Crippen molar-refractivity contribution in [3.8, 4) is 5.75 Å². The molecule has 5 heteroatoms. The number of amides is 2. The van der Waals surface area contributed by atoms with Crippen LogP contribution in [0.5, 0.6) is 5.75 Å². The van der Waals surface area contributed by atoms with Gasteiger partial charge in [-0.2, -0.15) is 0 Å². The Balaban J connectivity index is 2.07. The van der Waals surface area contributed by atoms with Crippen LogP contribution in [0.1, 0.15) is 26.2 Å². The first-order chi connectivity index (χ1) is 9.67. The molecule has 1 aromatic carbocycles. The van der Waals surface area contributed by atoms with E-state index < -0.39 is 6.04 Å². The number of rotatable bonds is 6. The van der Waals surface area contributed by atoms with Gasteiger partial charge in [0.15, 0.2) is 0 Å². The molecular formula is C15H20N2O3. The van der Waals surface area contributed by atoms with Gasteiger partial charge in [0.1, 0.15) is 5.75 Å². The van der Waals surface area contributed by atoms with Crippen molar-refractivity contribution in [3.63, 3.8) is 0 Å². The fourth-order valence-corrected chi connectivity index (χ4v) is 2.25.